The van der Waals surface area contributed by atoms with Crippen LogP contribution in [0.1, 0.15) is 38.5 Å². The van der Waals surface area contributed by atoms with Crippen molar-refractivity contribution in [3.63, 3.8) is 0 Å². The SMILES string of the molecule is CN=C(NCC(C1CCOC1)N1CCOCC1)NCC1(CCOC)CCCC1. The zero-order valence-corrected chi connectivity index (χ0v) is 17.9. The zero-order chi connectivity index (χ0) is 19.7. The molecule has 1 aliphatic carbocycles. The molecule has 2 saturated heterocycles. The van der Waals surface area contributed by atoms with Crippen LogP contribution in [-0.2, 0) is 14.2 Å². The monoisotopic (exact) mass is 396 g/mol. The second kappa shape index (κ2) is 11.3. The summed E-state index contributed by atoms with van der Waals surface area (Å²) in [6.45, 7) is 8.16. The second-order valence-corrected chi connectivity index (χ2v) is 8.60. The number of hydrogen-bond donors (Lipinski definition) is 2. The molecule has 2 atom stereocenters. The summed E-state index contributed by atoms with van der Waals surface area (Å²) in [5.41, 5.74) is 0.358. The molecule has 0 amide bonds. The average Bonchev–Trinajstić information content (AvgIpc) is 3.43. The Labute approximate surface area is 170 Å². The van der Waals surface area contributed by atoms with E-state index in [9.17, 15) is 0 Å². The van der Waals surface area contributed by atoms with Crippen LogP contribution in [0, 0.1) is 11.3 Å². The summed E-state index contributed by atoms with van der Waals surface area (Å²) in [6.07, 6.45) is 7.52. The van der Waals surface area contributed by atoms with E-state index in [0.717, 1.165) is 78.0 Å². The molecule has 0 bridgehead atoms. The highest BCUT2D eigenvalue weighted by Crippen LogP contribution is 2.40. The molecule has 3 rings (SSSR count). The summed E-state index contributed by atoms with van der Waals surface area (Å²) in [4.78, 5) is 7.06. The lowest BCUT2D eigenvalue weighted by Gasteiger charge is -2.38. The molecule has 7 nitrogen and oxygen atoms in total. The van der Waals surface area contributed by atoms with E-state index in [-0.39, 0.29) is 0 Å². The lowest BCUT2D eigenvalue weighted by atomic mass is 9.83. The van der Waals surface area contributed by atoms with Crippen molar-refractivity contribution in [1.29, 1.82) is 0 Å². The number of guanidine groups is 1. The Bertz CT molecular complexity index is 470. The maximum absolute atomic E-state index is 5.68. The van der Waals surface area contributed by atoms with Gasteiger partial charge in [-0.1, -0.05) is 12.8 Å². The number of aliphatic imine (C=N–C) groups is 1. The number of nitrogens with zero attached hydrogens (tertiary/aromatic N) is 2. The van der Waals surface area contributed by atoms with Gasteiger partial charge in [0.25, 0.3) is 0 Å². The Morgan fingerprint density at radius 3 is 2.61 bits per heavy atom. The van der Waals surface area contributed by atoms with Crippen LogP contribution in [0.15, 0.2) is 4.99 Å². The van der Waals surface area contributed by atoms with Crippen molar-refractivity contribution in [3.8, 4) is 0 Å². The maximum atomic E-state index is 5.68. The van der Waals surface area contributed by atoms with E-state index >= 15 is 0 Å². The van der Waals surface area contributed by atoms with Gasteiger partial charge in [-0.15, -0.1) is 0 Å². The van der Waals surface area contributed by atoms with E-state index in [2.05, 4.69) is 20.5 Å². The molecule has 0 spiro atoms. The lowest BCUT2D eigenvalue weighted by molar-refractivity contribution is 0.00245. The molecule has 1 saturated carbocycles. The minimum atomic E-state index is 0.358. The van der Waals surface area contributed by atoms with Crippen molar-refractivity contribution in [2.24, 2.45) is 16.3 Å². The zero-order valence-electron chi connectivity index (χ0n) is 17.9. The molecule has 162 valence electrons. The predicted molar refractivity (Wildman–Crippen MR) is 112 cm³/mol. The third-order valence-corrected chi connectivity index (χ3v) is 6.86. The molecule has 0 aromatic heterocycles. The molecular formula is C21H40N4O3. The van der Waals surface area contributed by atoms with Gasteiger partial charge in [-0.25, -0.2) is 0 Å². The van der Waals surface area contributed by atoms with Crippen LogP contribution in [0.25, 0.3) is 0 Å². The topological polar surface area (TPSA) is 67.4 Å². The third-order valence-electron chi connectivity index (χ3n) is 6.86. The molecule has 2 N–H and O–H groups in total. The molecule has 7 heteroatoms. The second-order valence-electron chi connectivity index (χ2n) is 8.60. The van der Waals surface area contributed by atoms with Gasteiger partial charge < -0.3 is 24.8 Å². The van der Waals surface area contributed by atoms with Crippen LogP contribution in [0.5, 0.6) is 0 Å². The number of nitrogens with one attached hydrogen (secondary N) is 2. The molecule has 0 aromatic rings. The fourth-order valence-corrected chi connectivity index (χ4v) is 5.01. The summed E-state index contributed by atoms with van der Waals surface area (Å²) in [7, 11) is 3.67. The van der Waals surface area contributed by atoms with Gasteiger partial charge in [-0.2, -0.15) is 0 Å². The van der Waals surface area contributed by atoms with Gasteiger partial charge in [0, 0.05) is 65.5 Å². The Kier molecular flexibility index (Phi) is 8.83. The van der Waals surface area contributed by atoms with Crippen molar-refractivity contribution in [2.45, 2.75) is 44.6 Å². The number of hydrogen-bond acceptors (Lipinski definition) is 5. The van der Waals surface area contributed by atoms with Gasteiger partial charge in [-0.05, 0) is 31.1 Å². The van der Waals surface area contributed by atoms with Gasteiger partial charge in [0.2, 0.25) is 0 Å². The number of methoxy groups -OCH3 is 1. The fourth-order valence-electron chi connectivity index (χ4n) is 5.01. The highest BCUT2D eigenvalue weighted by atomic mass is 16.5. The van der Waals surface area contributed by atoms with Gasteiger partial charge in [0.15, 0.2) is 5.96 Å². The fraction of sp³-hybridized carbons (Fsp3) is 0.952. The van der Waals surface area contributed by atoms with E-state index in [1.165, 1.54) is 25.7 Å². The summed E-state index contributed by atoms with van der Waals surface area (Å²) in [5.74, 6) is 1.51. The highest BCUT2D eigenvalue weighted by Gasteiger charge is 2.34. The van der Waals surface area contributed by atoms with Crippen LogP contribution in [0.3, 0.4) is 0 Å². The normalized spacial score (nSPS) is 27.1. The van der Waals surface area contributed by atoms with Crippen molar-refractivity contribution in [3.05, 3.63) is 0 Å². The predicted octanol–water partition coefficient (Wildman–Crippen LogP) is 1.49. The third kappa shape index (κ3) is 6.05. The molecule has 0 aromatic carbocycles. The molecular weight excluding hydrogens is 356 g/mol. The number of rotatable bonds is 9. The minimum Gasteiger partial charge on any atom is -0.385 e. The molecule has 0 radical (unpaired) electrons. The van der Waals surface area contributed by atoms with Crippen LogP contribution in [-0.4, -0.2) is 90.3 Å². The summed E-state index contributed by atoms with van der Waals surface area (Å²) >= 11 is 0. The van der Waals surface area contributed by atoms with Gasteiger partial charge in [0.1, 0.15) is 0 Å². The van der Waals surface area contributed by atoms with E-state index in [0.29, 0.717) is 17.4 Å². The number of ether oxygens (including phenoxy) is 3. The van der Waals surface area contributed by atoms with E-state index in [1.54, 1.807) is 7.11 Å². The Hall–Kier alpha value is -0.890. The van der Waals surface area contributed by atoms with Crippen LogP contribution >= 0.6 is 0 Å². The quantitative estimate of drug-likeness (QED) is 0.455. The highest BCUT2D eigenvalue weighted by molar-refractivity contribution is 5.79. The molecule has 2 heterocycles. The van der Waals surface area contributed by atoms with E-state index in [1.807, 2.05) is 7.05 Å². The number of morpholine rings is 1. The van der Waals surface area contributed by atoms with E-state index < -0.39 is 0 Å². The van der Waals surface area contributed by atoms with Crippen molar-refractivity contribution in [1.82, 2.24) is 15.5 Å². The van der Waals surface area contributed by atoms with Crippen molar-refractivity contribution in [2.75, 3.05) is 73.4 Å². The Morgan fingerprint density at radius 1 is 1.18 bits per heavy atom. The Balaban J connectivity index is 1.52. The van der Waals surface area contributed by atoms with Crippen LogP contribution in [0.2, 0.25) is 0 Å². The van der Waals surface area contributed by atoms with Crippen molar-refractivity contribution >= 4 is 5.96 Å². The molecule has 3 aliphatic rings. The minimum absolute atomic E-state index is 0.358. The Morgan fingerprint density at radius 2 is 1.96 bits per heavy atom. The lowest BCUT2D eigenvalue weighted by Crippen LogP contribution is -2.54. The average molecular weight is 397 g/mol. The molecule has 28 heavy (non-hydrogen) atoms. The first-order valence-corrected chi connectivity index (χ1v) is 11.1. The van der Waals surface area contributed by atoms with Gasteiger partial charge in [0.05, 0.1) is 19.8 Å². The first-order chi connectivity index (χ1) is 13.8. The van der Waals surface area contributed by atoms with Crippen LogP contribution in [0.4, 0.5) is 0 Å². The molecule has 2 aliphatic heterocycles. The van der Waals surface area contributed by atoms with Crippen molar-refractivity contribution < 1.29 is 14.2 Å². The standard InChI is InChI=1S/C21H40N4O3/c1-22-20(24-17-21(8-12-26-2)6-3-4-7-21)23-15-19(18-5-11-28-16-18)25-9-13-27-14-10-25/h18-19H,3-17H2,1-2H3,(H2,22,23,24). The molecule has 3 fully saturated rings. The smallest absolute Gasteiger partial charge is 0.191 e. The largest absolute Gasteiger partial charge is 0.385 e. The van der Waals surface area contributed by atoms with Gasteiger partial charge in [-0.3, -0.25) is 9.89 Å². The first kappa shape index (κ1) is 21.8. The first-order valence-electron chi connectivity index (χ1n) is 11.1. The summed E-state index contributed by atoms with van der Waals surface area (Å²) < 4.78 is 16.6. The summed E-state index contributed by atoms with van der Waals surface area (Å²) in [6, 6.07) is 0.471. The van der Waals surface area contributed by atoms with Gasteiger partial charge >= 0.3 is 0 Å². The molecule has 2 unspecified atom stereocenters. The van der Waals surface area contributed by atoms with E-state index in [4.69, 9.17) is 14.2 Å². The summed E-state index contributed by atoms with van der Waals surface area (Å²) in [5, 5.41) is 7.23. The van der Waals surface area contributed by atoms with Crippen LogP contribution < -0.4 is 10.6 Å². The maximum Gasteiger partial charge on any atom is 0.191 e.